The maximum atomic E-state index is 9.49. The summed E-state index contributed by atoms with van der Waals surface area (Å²) in [6.45, 7) is 2.64. The van der Waals surface area contributed by atoms with Crippen LogP contribution in [-0.4, -0.2) is 39.9 Å². The second-order valence-corrected chi connectivity index (χ2v) is 5.62. The quantitative estimate of drug-likeness (QED) is 0.788. The highest BCUT2D eigenvalue weighted by molar-refractivity contribution is 5.32. The van der Waals surface area contributed by atoms with Crippen LogP contribution in [0.4, 0.5) is 5.95 Å². The molecule has 6 heteroatoms. The van der Waals surface area contributed by atoms with Gasteiger partial charge in [-0.2, -0.15) is 4.98 Å². The predicted octanol–water partition coefficient (Wildman–Crippen LogP) is 1.28. The molecule has 0 amide bonds. The first kappa shape index (κ1) is 13.9. The van der Waals surface area contributed by atoms with E-state index in [1.54, 1.807) is 12.1 Å². The number of hydrogen-bond donors (Lipinski definition) is 3. The fourth-order valence-corrected chi connectivity index (χ4v) is 2.80. The molecule has 4 N–H and O–H groups in total. The first-order chi connectivity index (χ1) is 10.2. The van der Waals surface area contributed by atoms with Crippen molar-refractivity contribution in [3.05, 3.63) is 35.7 Å². The second-order valence-electron chi connectivity index (χ2n) is 5.62. The molecule has 112 valence electrons. The highest BCUT2D eigenvalue weighted by atomic mass is 16.3. The van der Waals surface area contributed by atoms with E-state index in [1.165, 1.54) is 6.42 Å². The molecule has 1 unspecified atom stereocenters. The van der Waals surface area contributed by atoms with Gasteiger partial charge in [-0.15, -0.1) is 5.10 Å². The van der Waals surface area contributed by atoms with Gasteiger partial charge in [-0.25, -0.2) is 0 Å². The molecule has 0 bridgehead atoms. The van der Waals surface area contributed by atoms with Crippen LogP contribution in [0.25, 0.3) is 0 Å². The van der Waals surface area contributed by atoms with E-state index in [4.69, 9.17) is 5.73 Å². The third-order valence-electron chi connectivity index (χ3n) is 3.94. The number of aromatic nitrogens is 3. The number of phenolic OH excluding ortho intramolecular Hbond substituents is 1. The van der Waals surface area contributed by atoms with Crippen molar-refractivity contribution in [1.82, 2.24) is 15.2 Å². The molecule has 1 saturated heterocycles. The fraction of sp³-hybridized carbons (Fsp3) is 0.467. The molecule has 2 heterocycles. The lowest BCUT2D eigenvalue weighted by atomic mass is 9.99. The first-order valence-electron chi connectivity index (χ1n) is 7.39. The summed E-state index contributed by atoms with van der Waals surface area (Å²) in [4.78, 5) is 6.76. The Hall–Kier alpha value is -2.08. The molecule has 0 spiro atoms. The van der Waals surface area contributed by atoms with Gasteiger partial charge in [0.1, 0.15) is 11.6 Å². The Bertz CT molecular complexity index is 597. The first-order valence-corrected chi connectivity index (χ1v) is 7.39. The van der Waals surface area contributed by atoms with Crippen LogP contribution in [0.1, 0.15) is 24.2 Å². The Kier molecular flexibility index (Phi) is 4.06. The van der Waals surface area contributed by atoms with Crippen LogP contribution in [0.15, 0.2) is 24.3 Å². The van der Waals surface area contributed by atoms with Crippen molar-refractivity contribution in [2.24, 2.45) is 11.7 Å². The molecular weight excluding hydrogens is 266 g/mol. The van der Waals surface area contributed by atoms with Crippen LogP contribution in [0.3, 0.4) is 0 Å². The number of anilines is 1. The van der Waals surface area contributed by atoms with E-state index < -0.39 is 0 Å². The van der Waals surface area contributed by atoms with Gasteiger partial charge >= 0.3 is 0 Å². The molecule has 0 radical (unpaired) electrons. The minimum Gasteiger partial charge on any atom is -0.508 e. The zero-order valence-corrected chi connectivity index (χ0v) is 12.0. The molecule has 1 aliphatic heterocycles. The highest BCUT2D eigenvalue weighted by Crippen LogP contribution is 2.20. The van der Waals surface area contributed by atoms with Gasteiger partial charge in [0, 0.05) is 19.5 Å². The number of nitrogens with zero attached hydrogens (tertiary/aromatic N) is 3. The summed E-state index contributed by atoms with van der Waals surface area (Å²) in [5.74, 6) is 2.37. The van der Waals surface area contributed by atoms with E-state index in [2.05, 4.69) is 20.1 Å². The summed E-state index contributed by atoms with van der Waals surface area (Å²) < 4.78 is 0. The number of nitrogens with one attached hydrogen (secondary N) is 1. The van der Waals surface area contributed by atoms with Crippen LogP contribution in [-0.2, 0) is 6.42 Å². The van der Waals surface area contributed by atoms with Crippen molar-refractivity contribution in [3.8, 4) is 5.75 Å². The highest BCUT2D eigenvalue weighted by Gasteiger charge is 2.21. The average molecular weight is 287 g/mol. The molecule has 1 atom stereocenters. The average Bonchev–Trinajstić information content (AvgIpc) is 2.96. The van der Waals surface area contributed by atoms with E-state index in [-0.39, 0.29) is 5.75 Å². The molecule has 21 heavy (non-hydrogen) atoms. The number of benzene rings is 1. The molecule has 1 aromatic heterocycles. The zero-order chi connectivity index (χ0) is 14.7. The summed E-state index contributed by atoms with van der Waals surface area (Å²) in [5, 5.41) is 16.8. The second kappa shape index (κ2) is 6.13. The van der Waals surface area contributed by atoms with Crippen molar-refractivity contribution < 1.29 is 5.11 Å². The summed E-state index contributed by atoms with van der Waals surface area (Å²) >= 11 is 0. The maximum Gasteiger partial charge on any atom is 0.244 e. The van der Waals surface area contributed by atoms with E-state index in [0.29, 0.717) is 12.3 Å². The van der Waals surface area contributed by atoms with Crippen molar-refractivity contribution in [2.75, 3.05) is 24.5 Å². The van der Waals surface area contributed by atoms with Gasteiger partial charge in [0.25, 0.3) is 0 Å². The largest absolute Gasteiger partial charge is 0.508 e. The van der Waals surface area contributed by atoms with Crippen LogP contribution in [0, 0.1) is 5.92 Å². The van der Waals surface area contributed by atoms with Crippen molar-refractivity contribution in [2.45, 2.75) is 19.3 Å². The van der Waals surface area contributed by atoms with Gasteiger partial charge in [-0.1, -0.05) is 12.1 Å². The molecule has 6 nitrogen and oxygen atoms in total. The Labute approximate surface area is 124 Å². The minimum atomic E-state index is 0.272. The Morgan fingerprint density at radius 1 is 1.43 bits per heavy atom. The molecule has 1 fully saturated rings. The number of piperidine rings is 1. The summed E-state index contributed by atoms with van der Waals surface area (Å²) in [5.41, 5.74) is 6.78. The number of nitrogens with two attached hydrogens (primary N) is 1. The lowest BCUT2D eigenvalue weighted by Gasteiger charge is -2.31. The summed E-state index contributed by atoms with van der Waals surface area (Å²) in [6, 6.07) is 7.20. The maximum absolute atomic E-state index is 9.49. The number of aromatic hydroxyl groups is 1. The van der Waals surface area contributed by atoms with E-state index in [0.717, 1.165) is 43.4 Å². The van der Waals surface area contributed by atoms with Crippen LogP contribution in [0.5, 0.6) is 5.75 Å². The third kappa shape index (κ3) is 3.33. The molecule has 3 rings (SSSR count). The Balaban J connectivity index is 1.68. The Morgan fingerprint density at radius 2 is 2.33 bits per heavy atom. The minimum absolute atomic E-state index is 0.272. The van der Waals surface area contributed by atoms with E-state index >= 15 is 0 Å². The van der Waals surface area contributed by atoms with Gasteiger partial charge in [-0.05, 0) is 43.0 Å². The van der Waals surface area contributed by atoms with E-state index in [1.807, 2.05) is 12.1 Å². The van der Waals surface area contributed by atoms with Crippen molar-refractivity contribution in [1.29, 1.82) is 0 Å². The number of rotatable bonds is 4. The molecule has 1 aromatic carbocycles. The fourth-order valence-electron chi connectivity index (χ4n) is 2.80. The lowest BCUT2D eigenvalue weighted by Crippen LogP contribution is -2.39. The van der Waals surface area contributed by atoms with Gasteiger partial charge < -0.3 is 15.7 Å². The smallest absolute Gasteiger partial charge is 0.244 e. The van der Waals surface area contributed by atoms with Gasteiger partial charge in [0.2, 0.25) is 5.95 Å². The predicted molar refractivity (Wildman–Crippen MR) is 81.3 cm³/mol. The lowest BCUT2D eigenvalue weighted by molar-refractivity contribution is 0.420. The van der Waals surface area contributed by atoms with Gasteiger partial charge in [0.15, 0.2) is 0 Å². The monoisotopic (exact) mass is 287 g/mol. The molecule has 1 aliphatic rings. The van der Waals surface area contributed by atoms with Crippen LogP contribution >= 0.6 is 0 Å². The number of phenols is 1. The molecule has 0 saturated carbocycles. The molecule has 0 aliphatic carbocycles. The molecule has 2 aromatic rings. The van der Waals surface area contributed by atoms with Crippen molar-refractivity contribution in [3.63, 3.8) is 0 Å². The Morgan fingerprint density at radius 3 is 3.14 bits per heavy atom. The standard InChI is InChI=1S/C15H21N5O/c16-9-12-4-2-6-20(10-12)15-17-14(18-19-15)8-11-3-1-5-13(21)7-11/h1,3,5,7,12,21H,2,4,6,8-10,16H2,(H,17,18,19). The zero-order valence-electron chi connectivity index (χ0n) is 12.0. The number of aromatic amines is 1. The van der Waals surface area contributed by atoms with Gasteiger partial charge in [0.05, 0.1) is 0 Å². The SMILES string of the molecule is NCC1CCCN(c2n[nH]c(Cc3cccc(O)c3)n2)C1. The van der Waals surface area contributed by atoms with Crippen LogP contribution in [0.2, 0.25) is 0 Å². The third-order valence-corrected chi connectivity index (χ3v) is 3.94. The molecular formula is C15H21N5O. The van der Waals surface area contributed by atoms with Gasteiger partial charge in [-0.3, -0.25) is 5.10 Å². The summed E-state index contributed by atoms with van der Waals surface area (Å²) in [6.07, 6.45) is 2.96. The van der Waals surface area contributed by atoms with Crippen LogP contribution < -0.4 is 10.6 Å². The number of H-pyrrole nitrogens is 1. The van der Waals surface area contributed by atoms with E-state index in [9.17, 15) is 5.11 Å². The number of hydrogen-bond acceptors (Lipinski definition) is 5. The normalized spacial score (nSPS) is 18.9. The topological polar surface area (TPSA) is 91.1 Å². The van der Waals surface area contributed by atoms with Crippen molar-refractivity contribution >= 4 is 5.95 Å². The summed E-state index contributed by atoms with van der Waals surface area (Å²) in [7, 11) is 0.